The Bertz CT molecular complexity index is 566. The van der Waals surface area contributed by atoms with Crippen LogP contribution in [0.3, 0.4) is 0 Å². The molecule has 0 bridgehead atoms. The van der Waals surface area contributed by atoms with Crippen molar-refractivity contribution >= 4 is 5.69 Å². The molecule has 0 radical (unpaired) electrons. The zero-order valence-corrected chi connectivity index (χ0v) is 10.9. The number of fused-ring (bicyclic) bond motifs is 1. The second-order valence-corrected chi connectivity index (χ2v) is 4.45. The van der Waals surface area contributed by atoms with E-state index in [0.717, 1.165) is 42.5 Å². The van der Waals surface area contributed by atoms with Crippen molar-refractivity contribution in [3.05, 3.63) is 36.0 Å². The first-order valence-electron chi connectivity index (χ1n) is 6.43. The molecule has 0 amide bonds. The van der Waals surface area contributed by atoms with Gasteiger partial charge in [0, 0.05) is 19.5 Å². The van der Waals surface area contributed by atoms with E-state index in [-0.39, 0.29) is 0 Å². The molecule has 1 aromatic carbocycles. The predicted octanol–water partition coefficient (Wildman–Crippen LogP) is 2.29. The average Bonchev–Trinajstić information content (AvgIpc) is 2.89. The number of hydrogen-bond donors (Lipinski definition) is 1. The van der Waals surface area contributed by atoms with Gasteiger partial charge in [-0.25, -0.2) is 4.68 Å². The van der Waals surface area contributed by atoms with Gasteiger partial charge in [0.15, 0.2) is 0 Å². The molecule has 0 spiro atoms. The summed E-state index contributed by atoms with van der Waals surface area (Å²) in [5.41, 5.74) is 2.05. The van der Waals surface area contributed by atoms with Crippen LogP contribution in [0.4, 0.5) is 5.69 Å². The van der Waals surface area contributed by atoms with Crippen molar-refractivity contribution in [1.82, 2.24) is 9.78 Å². The summed E-state index contributed by atoms with van der Waals surface area (Å²) in [6.45, 7) is 2.38. The van der Waals surface area contributed by atoms with Gasteiger partial charge in [-0.2, -0.15) is 5.10 Å². The summed E-state index contributed by atoms with van der Waals surface area (Å²) in [5.74, 6) is 1.72. The smallest absolute Gasteiger partial charge is 0.216 e. The number of para-hydroxylation sites is 2. The Labute approximate surface area is 112 Å². The Morgan fingerprint density at radius 1 is 1.42 bits per heavy atom. The van der Waals surface area contributed by atoms with E-state index in [2.05, 4.69) is 10.4 Å². The monoisotopic (exact) mass is 259 g/mol. The highest BCUT2D eigenvalue weighted by Crippen LogP contribution is 2.26. The van der Waals surface area contributed by atoms with Gasteiger partial charge in [-0.3, -0.25) is 0 Å². The SMILES string of the molecule is COc1ccccc1NCc1cnn2c1OCCC2. The van der Waals surface area contributed by atoms with Crippen molar-refractivity contribution in [2.75, 3.05) is 19.0 Å². The summed E-state index contributed by atoms with van der Waals surface area (Å²) in [6, 6.07) is 7.87. The van der Waals surface area contributed by atoms with Gasteiger partial charge in [0.05, 0.1) is 31.2 Å². The van der Waals surface area contributed by atoms with E-state index in [1.807, 2.05) is 35.1 Å². The van der Waals surface area contributed by atoms with Crippen LogP contribution in [0.5, 0.6) is 11.6 Å². The number of nitrogens with one attached hydrogen (secondary N) is 1. The fraction of sp³-hybridized carbons (Fsp3) is 0.357. The number of ether oxygens (including phenoxy) is 2. The third kappa shape index (κ3) is 2.36. The van der Waals surface area contributed by atoms with E-state index in [4.69, 9.17) is 9.47 Å². The molecule has 5 nitrogen and oxygen atoms in total. The van der Waals surface area contributed by atoms with E-state index in [1.54, 1.807) is 7.11 Å². The van der Waals surface area contributed by atoms with Gasteiger partial charge in [0.1, 0.15) is 5.75 Å². The van der Waals surface area contributed by atoms with Crippen LogP contribution < -0.4 is 14.8 Å². The summed E-state index contributed by atoms with van der Waals surface area (Å²) in [4.78, 5) is 0. The largest absolute Gasteiger partial charge is 0.495 e. The first-order valence-corrected chi connectivity index (χ1v) is 6.43. The number of benzene rings is 1. The van der Waals surface area contributed by atoms with Crippen molar-refractivity contribution in [1.29, 1.82) is 0 Å². The number of nitrogens with zero attached hydrogens (tertiary/aromatic N) is 2. The van der Waals surface area contributed by atoms with Crippen molar-refractivity contribution in [3.8, 4) is 11.6 Å². The molecular formula is C14H17N3O2. The second-order valence-electron chi connectivity index (χ2n) is 4.45. The summed E-state index contributed by atoms with van der Waals surface area (Å²) in [6.07, 6.45) is 2.89. The van der Waals surface area contributed by atoms with E-state index < -0.39 is 0 Å². The lowest BCUT2D eigenvalue weighted by Gasteiger charge is -2.16. The minimum absolute atomic E-state index is 0.676. The van der Waals surface area contributed by atoms with Crippen LogP contribution >= 0.6 is 0 Å². The first-order chi connectivity index (χ1) is 9.38. The lowest BCUT2D eigenvalue weighted by molar-refractivity contribution is 0.228. The Balaban J connectivity index is 1.74. The third-order valence-corrected chi connectivity index (χ3v) is 3.19. The zero-order chi connectivity index (χ0) is 13.1. The quantitative estimate of drug-likeness (QED) is 0.915. The van der Waals surface area contributed by atoms with Crippen LogP contribution in [-0.2, 0) is 13.1 Å². The minimum atomic E-state index is 0.676. The molecule has 2 heterocycles. The van der Waals surface area contributed by atoms with Crippen LogP contribution in [0.15, 0.2) is 30.5 Å². The first kappa shape index (κ1) is 11.9. The normalized spacial score (nSPS) is 13.5. The summed E-state index contributed by atoms with van der Waals surface area (Å²) >= 11 is 0. The maximum Gasteiger partial charge on any atom is 0.216 e. The van der Waals surface area contributed by atoms with Gasteiger partial charge in [-0.1, -0.05) is 12.1 Å². The number of hydrogen-bond acceptors (Lipinski definition) is 4. The number of rotatable bonds is 4. The average molecular weight is 259 g/mol. The molecule has 5 heteroatoms. The van der Waals surface area contributed by atoms with E-state index in [0.29, 0.717) is 6.54 Å². The topological polar surface area (TPSA) is 48.3 Å². The molecule has 0 fully saturated rings. The number of anilines is 1. The molecule has 100 valence electrons. The summed E-state index contributed by atoms with van der Waals surface area (Å²) in [7, 11) is 1.67. The molecule has 1 aliphatic rings. The minimum Gasteiger partial charge on any atom is -0.495 e. The Morgan fingerprint density at radius 3 is 3.21 bits per heavy atom. The number of aryl methyl sites for hydroxylation is 1. The lowest BCUT2D eigenvalue weighted by atomic mass is 10.2. The molecule has 0 saturated carbocycles. The zero-order valence-electron chi connectivity index (χ0n) is 10.9. The Morgan fingerprint density at radius 2 is 2.32 bits per heavy atom. The second kappa shape index (κ2) is 5.22. The highest BCUT2D eigenvalue weighted by molar-refractivity contribution is 5.56. The maximum atomic E-state index is 5.67. The van der Waals surface area contributed by atoms with E-state index in [9.17, 15) is 0 Å². The van der Waals surface area contributed by atoms with Crippen molar-refractivity contribution in [2.45, 2.75) is 19.5 Å². The van der Waals surface area contributed by atoms with Crippen LogP contribution in [0, 0.1) is 0 Å². The molecule has 3 rings (SSSR count). The standard InChI is InChI=1S/C14H17N3O2/c1-18-13-6-3-2-5-12(13)15-9-11-10-16-17-7-4-8-19-14(11)17/h2-3,5-6,10,15H,4,7-9H2,1H3. The van der Waals surface area contributed by atoms with Crippen LogP contribution in [0.1, 0.15) is 12.0 Å². The molecule has 1 aromatic heterocycles. The molecule has 19 heavy (non-hydrogen) atoms. The molecule has 0 aliphatic carbocycles. The van der Waals surface area contributed by atoms with Gasteiger partial charge >= 0.3 is 0 Å². The van der Waals surface area contributed by atoms with Crippen LogP contribution in [-0.4, -0.2) is 23.5 Å². The molecule has 2 aromatic rings. The molecule has 1 aliphatic heterocycles. The summed E-state index contributed by atoms with van der Waals surface area (Å²) < 4.78 is 12.9. The van der Waals surface area contributed by atoms with Gasteiger partial charge in [0.2, 0.25) is 5.88 Å². The molecule has 0 unspecified atom stereocenters. The van der Waals surface area contributed by atoms with Gasteiger partial charge in [-0.05, 0) is 12.1 Å². The fourth-order valence-electron chi connectivity index (χ4n) is 2.22. The molecule has 0 saturated heterocycles. The Hall–Kier alpha value is -2.17. The van der Waals surface area contributed by atoms with E-state index in [1.165, 1.54) is 0 Å². The molecule has 1 N–H and O–H groups in total. The predicted molar refractivity (Wildman–Crippen MR) is 72.7 cm³/mol. The van der Waals surface area contributed by atoms with Crippen molar-refractivity contribution in [2.24, 2.45) is 0 Å². The van der Waals surface area contributed by atoms with Crippen molar-refractivity contribution in [3.63, 3.8) is 0 Å². The van der Waals surface area contributed by atoms with Gasteiger partial charge < -0.3 is 14.8 Å². The van der Waals surface area contributed by atoms with Crippen molar-refractivity contribution < 1.29 is 9.47 Å². The molecule has 0 atom stereocenters. The van der Waals surface area contributed by atoms with Gasteiger partial charge in [0.25, 0.3) is 0 Å². The fourth-order valence-corrected chi connectivity index (χ4v) is 2.22. The number of methoxy groups -OCH3 is 1. The maximum absolute atomic E-state index is 5.67. The van der Waals surface area contributed by atoms with Crippen LogP contribution in [0.25, 0.3) is 0 Å². The van der Waals surface area contributed by atoms with Crippen LogP contribution in [0.2, 0.25) is 0 Å². The Kier molecular flexibility index (Phi) is 3.27. The highest BCUT2D eigenvalue weighted by Gasteiger charge is 2.16. The molecular weight excluding hydrogens is 242 g/mol. The highest BCUT2D eigenvalue weighted by atomic mass is 16.5. The summed E-state index contributed by atoms with van der Waals surface area (Å²) in [5, 5.41) is 7.69. The lowest BCUT2D eigenvalue weighted by Crippen LogP contribution is -2.15. The van der Waals surface area contributed by atoms with E-state index >= 15 is 0 Å². The van der Waals surface area contributed by atoms with Gasteiger partial charge in [-0.15, -0.1) is 0 Å². The number of aromatic nitrogens is 2. The third-order valence-electron chi connectivity index (χ3n) is 3.19.